The third-order valence-electron chi connectivity index (χ3n) is 4.15. The Labute approximate surface area is 155 Å². The zero-order valence-corrected chi connectivity index (χ0v) is 16.1. The van der Waals surface area contributed by atoms with Crippen molar-refractivity contribution in [3.8, 4) is 17.2 Å². The Hall–Kier alpha value is -1.86. The molecule has 1 aliphatic rings. The SMILES string of the molecule is COc1ccc(C2SCC(=O)N2CCc2cccs2)c(OC)c1OC. The highest BCUT2D eigenvalue weighted by Gasteiger charge is 2.35. The number of rotatable bonds is 7. The normalized spacial score (nSPS) is 17.0. The second-order valence-corrected chi connectivity index (χ2v) is 7.60. The molecule has 1 unspecified atom stereocenters. The van der Waals surface area contributed by atoms with Crippen molar-refractivity contribution in [3.63, 3.8) is 0 Å². The minimum Gasteiger partial charge on any atom is -0.493 e. The van der Waals surface area contributed by atoms with E-state index in [1.807, 2.05) is 23.1 Å². The first-order chi connectivity index (χ1) is 12.2. The summed E-state index contributed by atoms with van der Waals surface area (Å²) in [6.45, 7) is 0.689. The smallest absolute Gasteiger partial charge is 0.233 e. The fourth-order valence-electron chi connectivity index (χ4n) is 2.96. The number of hydrogen-bond acceptors (Lipinski definition) is 6. The van der Waals surface area contributed by atoms with Crippen LogP contribution in [0.2, 0.25) is 0 Å². The number of methoxy groups -OCH3 is 3. The number of nitrogens with zero attached hydrogens (tertiary/aromatic N) is 1. The zero-order valence-electron chi connectivity index (χ0n) is 14.5. The molecule has 0 spiro atoms. The molecule has 1 aromatic carbocycles. The molecule has 0 saturated carbocycles. The molecule has 1 fully saturated rings. The molecule has 0 bridgehead atoms. The van der Waals surface area contributed by atoms with Crippen LogP contribution in [0.5, 0.6) is 17.2 Å². The van der Waals surface area contributed by atoms with E-state index >= 15 is 0 Å². The van der Waals surface area contributed by atoms with Crippen molar-refractivity contribution in [2.24, 2.45) is 0 Å². The molecule has 2 aromatic rings. The van der Waals surface area contributed by atoms with Crippen molar-refractivity contribution in [1.82, 2.24) is 4.90 Å². The third kappa shape index (κ3) is 3.57. The Morgan fingerprint density at radius 2 is 1.92 bits per heavy atom. The van der Waals surface area contributed by atoms with Gasteiger partial charge in [0.05, 0.1) is 27.1 Å². The Morgan fingerprint density at radius 3 is 2.56 bits per heavy atom. The van der Waals surface area contributed by atoms with Crippen LogP contribution in [0.1, 0.15) is 15.8 Å². The predicted octanol–water partition coefficient (Wildman–Crippen LogP) is 3.59. The zero-order chi connectivity index (χ0) is 17.8. The van der Waals surface area contributed by atoms with Gasteiger partial charge in [0, 0.05) is 17.0 Å². The predicted molar refractivity (Wildman–Crippen MR) is 101 cm³/mol. The van der Waals surface area contributed by atoms with Gasteiger partial charge in [-0.15, -0.1) is 23.1 Å². The quantitative estimate of drug-likeness (QED) is 0.736. The van der Waals surface area contributed by atoms with Crippen molar-refractivity contribution >= 4 is 29.0 Å². The van der Waals surface area contributed by atoms with E-state index < -0.39 is 0 Å². The Kier molecular flexibility index (Phi) is 5.75. The van der Waals surface area contributed by atoms with E-state index in [0.29, 0.717) is 29.5 Å². The number of ether oxygens (including phenoxy) is 3. The van der Waals surface area contributed by atoms with Crippen LogP contribution in [0.15, 0.2) is 29.6 Å². The van der Waals surface area contributed by atoms with Crippen LogP contribution in [-0.2, 0) is 11.2 Å². The van der Waals surface area contributed by atoms with Crippen LogP contribution in [0.4, 0.5) is 0 Å². The van der Waals surface area contributed by atoms with Gasteiger partial charge in [0.1, 0.15) is 5.37 Å². The van der Waals surface area contributed by atoms with Crippen LogP contribution in [0, 0.1) is 0 Å². The van der Waals surface area contributed by atoms with E-state index in [1.54, 1.807) is 44.4 Å². The monoisotopic (exact) mass is 379 g/mol. The molecule has 0 radical (unpaired) electrons. The molecule has 1 amide bonds. The molecule has 25 heavy (non-hydrogen) atoms. The Balaban J connectivity index is 1.89. The van der Waals surface area contributed by atoms with Crippen molar-refractivity contribution < 1.29 is 19.0 Å². The number of benzene rings is 1. The van der Waals surface area contributed by atoms with Gasteiger partial charge in [0.15, 0.2) is 11.5 Å². The number of amides is 1. The lowest BCUT2D eigenvalue weighted by atomic mass is 10.1. The van der Waals surface area contributed by atoms with Gasteiger partial charge in [0.25, 0.3) is 0 Å². The highest BCUT2D eigenvalue weighted by molar-refractivity contribution is 8.00. The van der Waals surface area contributed by atoms with Gasteiger partial charge in [-0.25, -0.2) is 0 Å². The van der Waals surface area contributed by atoms with Gasteiger partial charge in [-0.2, -0.15) is 0 Å². The number of carbonyl (C=O) groups is 1. The van der Waals surface area contributed by atoms with Crippen LogP contribution < -0.4 is 14.2 Å². The van der Waals surface area contributed by atoms with Crippen molar-refractivity contribution in [2.45, 2.75) is 11.8 Å². The second kappa shape index (κ2) is 8.01. The van der Waals surface area contributed by atoms with E-state index in [9.17, 15) is 4.79 Å². The fourth-order valence-corrected chi connectivity index (χ4v) is 4.89. The first-order valence-corrected chi connectivity index (χ1v) is 9.84. The minimum atomic E-state index is -0.0813. The maximum Gasteiger partial charge on any atom is 0.233 e. The molecule has 2 heterocycles. The van der Waals surface area contributed by atoms with E-state index in [4.69, 9.17) is 14.2 Å². The molecule has 0 N–H and O–H groups in total. The summed E-state index contributed by atoms with van der Waals surface area (Å²) >= 11 is 3.33. The average molecular weight is 380 g/mol. The molecule has 5 nitrogen and oxygen atoms in total. The average Bonchev–Trinajstić information content (AvgIpc) is 3.28. The molecule has 1 aliphatic heterocycles. The first kappa shape index (κ1) is 17.9. The van der Waals surface area contributed by atoms with Crippen molar-refractivity contribution in [2.75, 3.05) is 33.6 Å². The van der Waals surface area contributed by atoms with E-state index in [0.717, 1.165) is 12.0 Å². The van der Waals surface area contributed by atoms with E-state index in [2.05, 4.69) is 11.4 Å². The van der Waals surface area contributed by atoms with Gasteiger partial charge >= 0.3 is 0 Å². The molecule has 134 valence electrons. The molecular formula is C18H21NO4S2. The lowest BCUT2D eigenvalue weighted by Gasteiger charge is -2.26. The molecule has 1 aromatic heterocycles. The maximum absolute atomic E-state index is 12.4. The summed E-state index contributed by atoms with van der Waals surface area (Å²) in [5.41, 5.74) is 0.933. The van der Waals surface area contributed by atoms with Gasteiger partial charge < -0.3 is 19.1 Å². The topological polar surface area (TPSA) is 48.0 Å². The summed E-state index contributed by atoms with van der Waals surface area (Å²) < 4.78 is 16.4. The summed E-state index contributed by atoms with van der Waals surface area (Å²) in [4.78, 5) is 15.6. The van der Waals surface area contributed by atoms with Crippen molar-refractivity contribution in [1.29, 1.82) is 0 Å². The summed E-state index contributed by atoms with van der Waals surface area (Å²) in [6.07, 6.45) is 0.857. The highest BCUT2D eigenvalue weighted by Crippen LogP contribution is 2.48. The van der Waals surface area contributed by atoms with Gasteiger partial charge in [0.2, 0.25) is 11.7 Å². The maximum atomic E-state index is 12.4. The van der Waals surface area contributed by atoms with Crippen LogP contribution in [0.25, 0.3) is 0 Å². The fraction of sp³-hybridized carbons (Fsp3) is 0.389. The number of thioether (sulfide) groups is 1. The first-order valence-electron chi connectivity index (χ1n) is 7.92. The van der Waals surface area contributed by atoms with Crippen molar-refractivity contribution in [3.05, 3.63) is 40.1 Å². The van der Waals surface area contributed by atoms with Gasteiger partial charge in [-0.3, -0.25) is 4.79 Å². The standard InChI is InChI=1S/C18H21NO4S2/c1-21-14-7-6-13(16(22-2)17(14)23-3)18-19(15(20)11-25-18)9-8-12-5-4-10-24-12/h4-7,10,18H,8-9,11H2,1-3H3. The Bertz CT molecular complexity index is 733. The minimum absolute atomic E-state index is 0.0813. The number of carbonyl (C=O) groups excluding carboxylic acids is 1. The molecular weight excluding hydrogens is 358 g/mol. The number of hydrogen-bond donors (Lipinski definition) is 0. The highest BCUT2D eigenvalue weighted by atomic mass is 32.2. The van der Waals surface area contributed by atoms with Gasteiger partial charge in [-0.05, 0) is 30.0 Å². The lowest BCUT2D eigenvalue weighted by molar-refractivity contribution is -0.128. The molecule has 7 heteroatoms. The van der Waals surface area contributed by atoms with E-state index in [-0.39, 0.29) is 11.3 Å². The van der Waals surface area contributed by atoms with Crippen LogP contribution in [-0.4, -0.2) is 44.4 Å². The van der Waals surface area contributed by atoms with Crippen LogP contribution in [0.3, 0.4) is 0 Å². The second-order valence-electron chi connectivity index (χ2n) is 5.50. The molecule has 1 saturated heterocycles. The summed E-state index contributed by atoms with van der Waals surface area (Å²) in [5, 5.41) is 1.98. The van der Waals surface area contributed by atoms with E-state index in [1.165, 1.54) is 4.88 Å². The van der Waals surface area contributed by atoms with Gasteiger partial charge in [-0.1, -0.05) is 6.07 Å². The molecule has 0 aliphatic carbocycles. The summed E-state index contributed by atoms with van der Waals surface area (Å²) in [5.74, 6) is 2.42. The van der Waals surface area contributed by atoms with Crippen LogP contribution >= 0.6 is 23.1 Å². The summed E-state index contributed by atoms with van der Waals surface area (Å²) in [6, 6.07) is 7.95. The number of thiophene rings is 1. The third-order valence-corrected chi connectivity index (χ3v) is 6.32. The Morgan fingerprint density at radius 1 is 1.12 bits per heavy atom. The molecule has 3 rings (SSSR count). The largest absolute Gasteiger partial charge is 0.493 e. The lowest BCUT2D eigenvalue weighted by Crippen LogP contribution is -2.30. The molecule has 1 atom stereocenters. The summed E-state index contributed by atoms with van der Waals surface area (Å²) in [7, 11) is 4.79.